The van der Waals surface area contributed by atoms with Gasteiger partial charge in [0.15, 0.2) is 5.76 Å². The number of likely N-dealkylation sites (tertiary alicyclic amines) is 1. The smallest absolute Gasteiger partial charge is 0.287 e. The van der Waals surface area contributed by atoms with Crippen molar-refractivity contribution in [1.29, 1.82) is 0 Å². The fourth-order valence-corrected chi connectivity index (χ4v) is 4.51. The number of carbonyl (C=O) groups excluding carboxylic acids is 2. The van der Waals surface area contributed by atoms with Crippen molar-refractivity contribution in [2.24, 2.45) is 0 Å². The number of furan rings is 1. The number of benzene rings is 1. The molecule has 1 N–H and O–H groups in total. The predicted octanol–water partition coefficient (Wildman–Crippen LogP) is 3.60. The van der Waals surface area contributed by atoms with E-state index in [2.05, 4.69) is 22.4 Å². The summed E-state index contributed by atoms with van der Waals surface area (Å²) in [6.45, 7) is 3.13. The largest absolute Gasteiger partial charge is 0.459 e. The molecule has 30 heavy (non-hydrogen) atoms. The number of carbonyl (C=O) groups is 2. The van der Waals surface area contributed by atoms with E-state index < -0.39 is 0 Å². The molecule has 156 valence electrons. The molecule has 3 aromatic rings. The van der Waals surface area contributed by atoms with E-state index in [0.29, 0.717) is 25.3 Å². The van der Waals surface area contributed by atoms with Crippen LogP contribution in [0.1, 0.15) is 45.2 Å². The number of nitrogens with one attached hydrogen (secondary N) is 1. The third-order valence-corrected chi connectivity index (χ3v) is 6.28. The summed E-state index contributed by atoms with van der Waals surface area (Å²) in [6.07, 6.45) is 4.13. The summed E-state index contributed by atoms with van der Waals surface area (Å²) in [5, 5.41) is 6.02. The van der Waals surface area contributed by atoms with Crippen molar-refractivity contribution in [3.8, 4) is 0 Å². The van der Waals surface area contributed by atoms with E-state index in [1.54, 1.807) is 17.4 Å². The first-order valence-electron chi connectivity index (χ1n) is 10.2. The summed E-state index contributed by atoms with van der Waals surface area (Å²) < 4.78 is 5.25. The number of amides is 2. The zero-order valence-corrected chi connectivity index (χ0v) is 17.8. The number of aryl methyl sites for hydroxylation is 1. The number of hydrogen-bond acceptors (Lipinski definition) is 5. The number of hydrogen-bond donors (Lipinski definition) is 1. The van der Waals surface area contributed by atoms with Crippen LogP contribution in [0.25, 0.3) is 0 Å². The van der Waals surface area contributed by atoms with E-state index in [0.717, 1.165) is 35.5 Å². The highest BCUT2D eigenvalue weighted by Crippen LogP contribution is 2.18. The van der Waals surface area contributed by atoms with Crippen molar-refractivity contribution in [3.05, 3.63) is 75.6 Å². The normalized spacial score (nSPS) is 14.6. The van der Waals surface area contributed by atoms with Crippen molar-refractivity contribution in [2.75, 3.05) is 13.1 Å². The Morgan fingerprint density at radius 2 is 1.97 bits per heavy atom. The van der Waals surface area contributed by atoms with Gasteiger partial charge in [-0.1, -0.05) is 30.3 Å². The van der Waals surface area contributed by atoms with Crippen LogP contribution in [0.2, 0.25) is 0 Å². The standard InChI is InChI=1S/C23H25N3O3S/c1-16-9-12-29-22(16)23(28)25-18-7-10-26(11-8-18)21(27)14-19-15-30-20(24-19)13-17-5-3-2-4-6-17/h2-6,9,12,15,18H,7-8,10-11,13-14H2,1H3,(H,25,28). The summed E-state index contributed by atoms with van der Waals surface area (Å²) in [4.78, 5) is 31.5. The third kappa shape index (κ3) is 4.97. The van der Waals surface area contributed by atoms with Crippen molar-refractivity contribution in [1.82, 2.24) is 15.2 Å². The fraction of sp³-hybridized carbons (Fsp3) is 0.348. The van der Waals surface area contributed by atoms with E-state index in [1.807, 2.05) is 35.4 Å². The van der Waals surface area contributed by atoms with Gasteiger partial charge in [-0.15, -0.1) is 11.3 Å². The fourth-order valence-electron chi connectivity index (χ4n) is 3.68. The first kappa shape index (κ1) is 20.3. The van der Waals surface area contributed by atoms with Gasteiger partial charge in [0.2, 0.25) is 5.91 Å². The Hall–Kier alpha value is -2.93. The van der Waals surface area contributed by atoms with Crippen LogP contribution in [-0.4, -0.2) is 40.8 Å². The van der Waals surface area contributed by atoms with Crippen LogP contribution in [0.3, 0.4) is 0 Å². The summed E-state index contributed by atoms with van der Waals surface area (Å²) in [6, 6.07) is 12.1. The molecule has 0 spiro atoms. The maximum atomic E-state index is 12.7. The molecule has 0 atom stereocenters. The van der Waals surface area contributed by atoms with Crippen LogP contribution in [0.15, 0.2) is 52.5 Å². The van der Waals surface area contributed by atoms with Gasteiger partial charge in [-0.2, -0.15) is 0 Å². The highest BCUT2D eigenvalue weighted by atomic mass is 32.1. The highest BCUT2D eigenvalue weighted by Gasteiger charge is 2.25. The van der Waals surface area contributed by atoms with Crippen molar-refractivity contribution in [2.45, 2.75) is 38.6 Å². The zero-order valence-electron chi connectivity index (χ0n) is 17.0. The highest BCUT2D eigenvalue weighted by molar-refractivity contribution is 7.09. The quantitative estimate of drug-likeness (QED) is 0.657. The zero-order chi connectivity index (χ0) is 20.9. The van der Waals surface area contributed by atoms with Crippen LogP contribution in [0.5, 0.6) is 0 Å². The molecule has 1 fully saturated rings. The molecule has 1 aliphatic heterocycles. The Morgan fingerprint density at radius 3 is 2.67 bits per heavy atom. The molecular weight excluding hydrogens is 398 g/mol. The Kier molecular flexibility index (Phi) is 6.28. The maximum absolute atomic E-state index is 12.7. The van der Waals surface area contributed by atoms with Gasteiger partial charge in [0, 0.05) is 36.5 Å². The molecule has 1 aromatic carbocycles. The molecule has 0 saturated carbocycles. The maximum Gasteiger partial charge on any atom is 0.287 e. The number of thiazole rings is 1. The number of aromatic nitrogens is 1. The lowest BCUT2D eigenvalue weighted by Crippen LogP contribution is -2.47. The van der Waals surface area contributed by atoms with Gasteiger partial charge in [0.25, 0.3) is 5.91 Å². The molecule has 0 bridgehead atoms. The van der Waals surface area contributed by atoms with E-state index in [-0.39, 0.29) is 17.9 Å². The van der Waals surface area contributed by atoms with Gasteiger partial charge in [-0.25, -0.2) is 4.98 Å². The Bertz CT molecular complexity index is 1000. The van der Waals surface area contributed by atoms with Crippen molar-refractivity contribution in [3.63, 3.8) is 0 Å². The molecule has 1 saturated heterocycles. The lowest BCUT2D eigenvalue weighted by atomic mass is 10.0. The van der Waals surface area contributed by atoms with Crippen LogP contribution < -0.4 is 5.32 Å². The van der Waals surface area contributed by atoms with Gasteiger partial charge in [0.05, 0.1) is 23.4 Å². The molecule has 0 radical (unpaired) electrons. The van der Waals surface area contributed by atoms with E-state index in [4.69, 9.17) is 4.42 Å². The second-order valence-corrected chi connectivity index (χ2v) is 8.58. The summed E-state index contributed by atoms with van der Waals surface area (Å²) in [5.74, 6) is 0.275. The summed E-state index contributed by atoms with van der Waals surface area (Å²) >= 11 is 1.60. The van der Waals surface area contributed by atoms with Crippen LogP contribution in [0, 0.1) is 6.92 Å². The Morgan fingerprint density at radius 1 is 1.20 bits per heavy atom. The lowest BCUT2D eigenvalue weighted by Gasteiger charge is -2.32. The average Bonchev–Trinajstić information content (AvgIpc) is 3.38. The molecule has 3 heterocycles. The minimum absolute atomic E-state index is 0.0581. The summed E-state index contributed by atoms with van der Waals surface area (Å²) in [5.41, 5.74) is 2.88. The third-order valence-electron chi connectivity index (χ3n) is 5.38. The van der Waals surface area contributed by atoms with Crippen LogP contribution >= 0.6 is 11.3 Å². The second-order valence-electron chi connectivity index (χ2n) is 7.63. The van der Waals surface area contributed by atoms with Gasteiger partial charge in [-0.05, 0) is 31.4 Å². The van der Waals surface area contributed by atoms with Gasteiger partial charge in [-0.3, -0.25) is 9.59 Å². The molecule has 2 amide bonds. The first-order valence-corrected chi connectivity index (χ1v) is 11.1. The second kappa shape index (κ2) is 9.26. The molecule has 7 heteroatoms. The van der Waals surface area contributed by atoms with Crippen LogP contribution in [0.4, 0.5) is 0 Å². The Labute approximate surface area is 179 Å². The van der Waals surface area contributed by atoms with E-state index in [9.17, 15) is 9.59 Å². The van der Waals surface area contributed by atoms with Crippen LogP contribution in [-0.2, 0) is 17.6 Å². The molecule has 0 aliphatic carbocycles. The molecule has 6 nitrogen and oxygen atoms in total. The molecular formula is C23H25N3O3S. The number of piperidine rings is 1. The van der Waals surface area contributed by atoms with Crippen molar-refractivity contribution < 1.29 is 14.0 Å². The minimum atomic E-state index is -0.185. The van der Waals surface area contributed by atoms with Gasteiger partial charge >= 0.3 is 0 Å². The predicted molar refractivity (Wildman–Crippen MR) is 116 cm³/mol. The minimum Gasteiger partial charge on any atom is -0.459 e. The number of nitrogens with zero attached hydrogens (tertiary/aromatic N) is 2. The van der Waals surface area contributed by atoms with E-state index >= 15 is 0 Å². The Balaban J connectivity index is 1.25. The SMILES string of the molecule is Cc1ccoc1C(=O)NC1CCN(C(=O)Cc2csc(Cc3ccccc3)n2)CC1. The molecule has 1 aliphatic rings. The van der Waals surface area contributed by atoms with Gasteiger partial charge < -0.3 is 14.6 Å². The molecule has 2 aromatic heterocycles. The topological polar surface area (TPSA) is 75.4 Å². The summed E-state index contributed by atoms with van der Waals surface area (Å²) in [7, 11) is 0. The number of rotatable bonds is 6. The first-order chi connectivity index (χ1) is 14.6. The van der Waals surface area contributed by atoms with Crippen molar-refractivity contribution >= 4 is 23.2 Å². The van der Waals surface area contributed by atoms with Gasteiger partial charge in [0.1, 0.15) is 0 Å². The van der Waals surface area contributed by atoms with E-state index in [1.165, 1.54) is 11.8 Å². The molecule has 4 rings (SSSR count). The average molecular weight is 424 g/mol. The molecule has 0 unspecified atom stereocenters. The lowest BCUT2D eigenvalue weighted by molar-refractivity contribution is -0.131. The monoisotopic (exact) mass is 423 g/mol.